The average molecular weight is 236 g/mol. The van der Waals surface area contributed by atoms with Crippen molar-refractivity contribution >= 4 is 10.1 Å². The van der Waals surface area contributed by atoms with Gasteiger partial charge in [-0.3, -0.25) is 4.18 Å². The van der Waals surface area contributed by atoms with E-state index in [1.807, 2.05) is 0 Å². The van der Waals surface area contributed by atoms with E-state index in [1.54, 1.807) is 0 Å². The van der Waals surface area contributed by atoms with Gasteiger partial charge in [-0.25, -0.2) is 8.78 Å². The zero-order chi connectivity index (χ0) is 11.6. The number of halogens is 2. The lowest BCUT2D eigenvalue weighted by Crippen LogP contribution is -2.08. The fraction of sp³-hybridized carbons (Fsp3) is 0.333. The monoisotopic (exact) mass is 236 g/mol. The molecular weight excluding hydrogens is 226 g/mol. The van der Waals surface area contributed by atoms with Gasteiger partial charge in [0, 0.05) is 6.07 Å². The van der Waals surface area contributed by atoms with Gasteiger partial charge < -0.3 is 0 Å². The van der Waals surface area contributed by atoms with E-state index < -0.39 is 27.9 Å². The smallest absolute Gasteiger partial charge is 0.262 e. The Balaban J connectivity index is 2.96. The molecule has 1 atom stereocenters. The molecule has 0 aromatic heterocycles. The predicted molar refractivity (Wildman–Crippen MR) is 50.7 cm³/mol. The van der Waals surface area contributed by atoms with Crippen LogP contribution in [-0.2, 0) is 14.3 Å². The van der Waals surface area contributed by atoms with Gasteiger partial charge in [0.05, 0.1) is 12.4 Å². The molecular formula is C9H10F2O3S. The van der Waals surface area contributed by atoms with Gasteiger partial charge in [0.25, 0.3) is 10.1 Å². The van der Waals surface area contributed by atoms with Crippen LogP contribution in [-0.4, -0.2) is 14.7 Å². The van der Waals surface area contributed by atoms with Gasteiger partial charge >= 0.3 is 0 Å². The molecule has 0 fully saturated rings. The van der Waals surface area contributed by atoms with Crippen LogP contribution in [0.25, 0.3) is 0 Å². The molecule has 15 heavy (non-hydrogen) atoms. The van der Waals surface area contributed by atoms with Crippen LogP contribution in [0.15, 0.2) is 18.2 Å². The lowest BCUT2D eigenvalue weighted by atomic mass is 10.1. The molecule has 1 rings (SSSR count). The van der Waals surface area contributed by atoms with Gasteiger partial charge in [0.15, 0.2) is 0 Å². The van der Waals surface area contributed by atoms with Crippen molar-refractivity contribution in [3.05, 3.63) is 35.4 Å². The molecule has 0 aliphatic carbocycles. The molecule has 1 unspecified atom stereocenters. The first-order valence-corrected chi connectivity index (χ1v) is 5.94. The Bertz CT molecular complexity index is 436. The zero-order valence-corrected chi connectivity index (χ0v) is 9.01. The highest BCUT2D eigenvalue weighted by molar-refractivity contribution is 7.86. The van der Waals surface area contributed by atoms with E-state index in [0.29, 0.717) is 6.07 Å². The Morgan fingerprint density at radius 1 is 1.20 bits per heavy atom. The van der Waals surface area contributed by atoms with Crippen LogP contribution in [0.2, 0.25) is 0 Å². The summed E-state index contributed by atoms with van der Waals surface area (Å²) in [5.74, 6) is -1.54. The van der Waals surface area contributed by atoms with E-state index in [0.717, 1.165) is 18.4 Å². The maximum absolute atomic E-state index is 12.8. The first-order valence-electron chi connectivity index (χ1n) is 4.12. The number of rotatable bonds is 3. The third-order valence-electron chi connectivity index (χ3n) is 1.67. The number of benzene rings is 1. The highest BCUT2D eigenvalue weighted by atomic mass is 32.2. The second kappa shape index (κ2) is 4.24. The van der Waals surface area contributed by atoms with Crippen molar-refractivity contribution in [1.29, 1.82) is 0 Å². The van der Waals surface area contributed by atoms with Crippen molar-refractivity contribution in [1.82, 2.24) is 0 Å². The van der Waals surface area contributed by atoms with Crippen LogP contribution in [0.3, 0.4) is 0 Å². The third-order valence-corrected chi connectivity index (χ3v) is 2.31. The van der Waals surface area contributed by atoms with E-state index in [1.165, 1.54) is 6.92 Å². The quantitative estimate of drug-likeness (QED) is 0.754. The largest absolute Gasteiger partial charge is 0.264 e. The van der Waals surface area contributed by atoms with Gasteiger partial charge in [0.1, 0.15) is 11.6 Å². The fourth-order valence-corrected chi connectivity index (χ4v) is 1.76. The summed E-state index contributed by atoms with van der Waals surface area (Å²) in [4.78, 5) is 0. The molecule has 3 nitrogen and oxygen atoms in total. The van der Waals surface area contributed by atoms with E-state index in [4.69, 9.17) is 0 Å². The van der Waals surface area contributed by atoms with E-state index in [-0.39, 0.29) is 5.56 Å². The van der Waals surface area contributed by atoms with E-state index in [9.17, 15) is 17.2 Å². The molecule has 0 amide bonds. The predicted octanol–water partition coefficient (Wildman–Crippen LogP) is 2.00. The first-order chi connectivity index (χ1) is 6.78. The van der Waals surface area contributed by atoms with Crippen molar-refractivity contribution < 1.29 is 21.4 Å². The van der Waals surface area contributed by atoms with Gasteiger partial charge in [-0.1, -0.05) is 0 Å². The first kappa shape index (κ1) is 12.1. The molecule has 6 heteroatoms. The summed E-state index contributed by atoms with van der Waals surface area (Å²) in [6.45, 7) is 1.40. The van der Waals surface area contributed by atoms with Crippen LogP contribution in [0.5, 0.6) is 0 Å². The lowest BCUT2D eigenvalue weighted by molar-refractivity contribution is 0.235. The Labute approximate surface area is 86.8 Å². The summed E-state index contributed by atoms with van der Waals surface area (Å²) in [6.07, 6.45) is -0.0377. The second-order valence-corrected chi connectivity index (χ2v) is 4.75. The average Bonchev–Trinajstić information content (AvgIpc) is 1.98. The maximum atomic E-state index is 12.8. The van der Waals surface area contributed by atoms with E-state index >= 15 is 0 Å². The number of hydrogen-bond donors (Lipinski definition) is 0. The van der Waals surface area contributed by atoms with Gasteiger partial charge in [-0.2, -0.15) is 8.42 Å². The summed E-state index contributed by atoms with van der Waals surface area (Å²) in [5.41, 5.74) is 0.137. The highest BCUT2D eigenvalue weighted by Gasteiger charge is 2.14. The Hall–Kier alpha value is -1.01. The molecule has 0 aliphatic heterocycles. The third kappa shape index (κ3) is 3.93. The molecule has 0 aliphatic rings. The minimum absolute atomic E-state index is 0.137. The van der Waals surface area contributed by atoms with Crippen LogP contribution >= 0.6 is 0 Å². The van der Waals surface area contributed by atoms with Crippen molar-refractivity contribution in [3.8, 4) is 0 Å². The zero-order valence-electron chi connectivity index (χ0n) is 8.20. The summed E-state index contributed by atoms with van der Waals surface area (Å²) >= 11 is 0. The molecule has 0 bridgehead atoms. The summed E-state index contributed by atoms with van der Waals surface area (Å²) in [6, 6.07) is 2.76. The Morgan fingerprint density at radius 2 is 1.67 bits per heavy atom. The lowest BCUT2D eigenvalue weighted by Gasteiger charge is -2.11. The number of hydrogen-bond acceptors (Lipinski definition) is 3. The topological polar surface area (TPSA) is 43.4 Å². The van der Waals surface area contributed by atoms with Gasteiger partial charge in [-0.15, -0.1) is 0 Å². The molecule has 0 heterocycles. The molecule has 1 aromatic carbocycles. The standard InChI is InChI=1S/C9H10F2O3S/c1-6(14-15(2,12)13)7-3-8(10)5-9(11)4-7/h3-6H,1-2H3. The molecule has 0 radical (unpaired) electrons. The fourth-order valence-electron chi connectivity index (χ4n) is 1.13. The summed E-state index contributed by atoms with van der Waals surface area (Å²) < 4.78 is 51.7. The second-order valence-electron chi connectivity index (χ2n) is 3.15. The Kier molecular flexibility index (Phi) is 3.41. The van der Waals surface area contributed by atoms with Crippen molar-refractivity contribution in [2.75, 3.05) is 6.26 Å². The van der Waals surface area contributed by atoms with Crippen LogP contribution < -0.4 is 0 Å². The summed E-state index contributed by atoms with van der Waals surface area (Å²) in [7, 11) is -3.64. The molecule has 0 spiro atoms. The maximum Gasteiger partial charge on any atom is 0.264 e. The van der Waals surface area contributed by atoms with Gasteiger partial charge in [0.2, 0.25) is 0 Å². The molecule has 1 aromatic rings. The van der Waals surface area contributed by atoms with Crippen LogP contribution in [0, 0.1) is 11.6 Å². The van der Waals surface area contributed by atoms with E-state index in [2.05, 4.69) is 4.18 Å². The van der Waals surface area contributed by atoms with Crippen LogP contribution in [0.4, 0.5) is 8.78 Å². The molecule has 0 N–H and O–H groups in total. The Morgan fingerprint density at radius 3 is 2.07 bits per heavy atom. The van der Waals surface area contributed by atoms with Crippen LogP contribution in [0.1, 0.15) is 18.6 Å². The van der Waals surface area contributed by atoms with Crippen molar-refractivity contribution in [2.45, 2.75) is 13.0 Å². The van der Waals surface area contributed by atoms with Gasteiger partial charge in [-0.05, 0) is 24.6 Å². The molecule has 84 valence electrons. The SMILES string of the molecule is CC(OS(C)(=O)=O)c1cc(F)cc(F)c1. The highest BCUT2D eigenvalue weighted by Crippen LogP contribution is 2.20. The summed E-state index contributed by atoms with van der Waals surface area (Å²) in [5, 5.41) is 0. The minimum Gasteiger partial charge on any atom is -0.262 e. The van der Waals surface area contributed by atoms with Crippen molar-refractivity contribution in [2.24, 2.45) is 0 Å². The minimum atomic E-state index is -3.64. The normalized spacial score (nSPS) is 13.9. The molecule has 0 saturated carbocycles. The molecule has 0 saturated heterocycles. The van der Waals surface area contributed by atoms with Crippen molar-refractivity contribution in [3.63, 3.8) is 0 Å².